The summed E-state index contributed by atoms with van der Waals surface area (Å²) in [6.45, 7) is 4.70. The van der Waals surface area contributed by atoms with Crippen LogP contribution in [0.2, 0.25) is 0 Å². The first-order valence-corrected chi connectivity index (χ1v) is 8.44. The Morgan fingerprint density at radius 1 is 1.04 bits per heavy atom. The van der Waals surface area contributed by atoms with Crippen LogP contribution in [0.4, 0.5) is 5.69 Å². The molecular weight excluding hydrogens is 457 g/mol. The molecule has 0 saturated heterocycles. The van der Waals surface area contributed by atoms with Crippen molar-refractivity contribution in [2.24, 2.45) is 10.7 Å². The Labute approximate surface area is 178 Å². The number of ether oxygens (including phenoxy) is 3. The monoisotopic (exact) mass is 485 g/mol. The van der Waals surface area contributed by atoms with Crippen molar-refractivity contribution < 1.29 is 14.2 Å². The van der Waals surface area contributed by atoms with Gasteiger partial charge in [0.2, 0.25) is 5.75 Å². The lowest BCUT2D eigenvalue weighted by molar-refractivity contribution is 0.324. The Morgan fingerprint density at radius 2 is 1.67 bits per heavy atom. The minimum atomic E-state index is 0. The van der Waals surface area contributed by atoms with E-state index in [0.717, 1.165) is 11.3 Å². The lowest BCUT2D eigenvalue weighted by Crippen LogP contribution is -2.22. The standard InChI is InChI=1S/C20H27N3O3.HI/c1-13(2)15-7-6-8-16(11-15)23-20(21)22-12-14-9-17(24-3)19(26-5)18(10-14)25-4;/h6-11,13H,12H2,1-5H3,(H3,21,22,23);1H. The molecule has 6 nitrogen and oxygen atoms in total. The normalized spacial score (nSPS) is 11.0. The van der Waals surface area contributed by atoms with E-state index in [9.17, 15) is 0 Å². The van der Waals surface area contributed by atoms with Crippen LogP contribution >= 0.6 is 24.0 Å². The summed E-state index contributed by atoms with van der Waals surface area (Å²) < 4.78 is 16.0. The molecule has 148 valence electrons. The van der Waals surface area contributed by atoms with Crippen LogP contribution in [0, 0.1) is 0 Å². The van der Waals surface area contributed by atoms with Gasteiger partial charge in [0.05, 0.1) is 27.9 Å². The molecule has 0 bridgehead atoms. The Kier molecular flexibility index (Phi) is 9.20. The third kappa shape index (κ3) is 6.20. The van der Waals surface area contributed by atoms with Crippen molar-refractivity contribution in [3.63, 3.8) is 0 Å². The summed E-state index contributed by atoms with van der Waals surface area (Å²) in [7, 11) is 4.75. The lowest BCUT2D eigenvalue weighted by Gasteiger charge is -2.13. The lowest BCUT2D eigenvalue weighted by atomic mass is 10.0. The average molecular weight is 485 g/mol. The summed E-state index contributed by atoms with van der Waals surface area (Å²) in [6, 6.07) is 11.9. The predicted octanol–water partition coefficient (Wildman–Crippen LogP) is 4.38. The van der Waals surface area contributed by atoms with Crippen LogP contribution in [0.1, 0.15) is 30.9 Å². The number of nitrogens with two attached hydrogens (primary N) is 1. The maximum absolute atomic E-state index is 6.03. The molecule has 7 heteroatoms. The van der Waals surface area contributed by atoms with Gasteiger partial charge < -0.3 is 25.3 Å². The molecule has 2 rings (SSSR count). The number of nitrogens with zero attached hydrogens (tertiary/aromatic N) is 1. The third-order valence-corrected chi connectivity index (χ3v) is 3.98. The Balaban J connectivity index is 0.00000364. The van der Waals surface area contributed by atoms with Gasteiger partial charge in [-0.15, -0.1) is 24.0 Å². The molecule has 0 aliphatic rings. The van der Waals surface area contributed by atoms with Gasteiger partial charge in [0, 0.05) is 5.69 Å². The van der Waals surface area contributed by atoms with Gasteiger partial charge in [-0.2, -0.15) is 0 Å². The van der Waals surface area contributed by atoms with E-state index >= 15 is 0 Å². The van der Waals surface area contributed by atoms with Gasteiger partial charge in [0.25, 0.3) is 0 Å². The molecular formula is C20H28IN3O3. The third-order valence-electron chi connectivity index (χ3n) is 3.98. The number of rotatable bonds is 7. The zero-order chi connectivity index (χ0) is 19.1. The molecule has 0 spiro atoms. The summed E-state index contributed by atoms with van der Waals surface area (Å²) in [6.07, 6.45) is 0. The topological polar surface area (TPSA) is 78.1 Å². The van der Waals surface area contributed by atoms with E-state index in [1.165, 1.54) is 5.56 Å². The van der Waals surface area contributed by atoms with E-state index in [4.69, 9.17) is 19.9 Å². The highest BCUT2D eigenvalue weighted by Gasteiger charge is 2.13. The van der Waals surface area contributed by atoms with Crippen LogP contribution in [0.25, 0.3) is 0 Å². The van der Waals surface area contributed by atoms with Crippen molar-refractivity contribution >= 4 is 35.6 Å². The van der Waals surface area contributed by atoms with Gasteiger partial charge in [0.15, 0.2) is 17.5 Å². The second-order valence-electron chi connectivity index (χ2n) is 6.14. The summed E-state index contributed by atoms with van der Waals surface area (Å²) in [5.74, 6) is 2.54. The van der Waals surface area contributed by atoms with Crippen LogP contribution in [0.5, 0.6) is 17.2 Å². The largest absolute Gasteiger partial charge is 0.493 e. The number of hydrogen-bond acceptors (Lipinski definition) is 4. The molecule has 2 aromatic carbocycles. The maximum atomic E-state index is 6.03. The van der Waals surface area contributed by atoms with Crippen molar-refractivity contribution in [3.8, 4) is 17.2 Å². The van der Waals surface area contributed by atoms with E-state index in [1.54, 1.807) is 21.3 Å². The molecule has 27 heavy (non-hydrogen) atoms. The van der Waals surface area contributed by atoms with E-state index in [-0.39, 0.29) is 24.0 Å². The highest BCUT2D eigenvalue weighted by Crippen LogP contribution is 2.38. The molecule has 0 unspecified atom stereocenters. The number of benzene rings is 2. The van der Waals surface area contributed by atoms with E-state index in [1.807, 2.05) is 24.3 Å². The molecule has 0 radical (unpaired) electrons. The molecule has 0 amide bonds. The van der Waals surface area contributed by atoms with Gasteiger partial charge in [-0.3, -0.25) is 0 Å². The zero-order valence-corrected chi connectivity index (χ0v) is 18.7. The molecule has 0 atom stereocenters. The van der Waals surface area contributed by atoms with E-state index < -0.39 is 0 Å². The molecule has 0 aliphatic heterocycles. The predicted molar refractivity (Wildman–Crippen MR) is 121 cm³/mol. The Hall–Kier alpha value is -2.16. The fourth-order valence-electron chi connectivity index (χ4n) is 2.57. The minimum Gasteiger partial charge on any atom is -0.493 e. The average Bonchev–Trinajstić information content (AvgIpc) is 2.65. The van der Waals surface area contributed by atoms with Crippen LogP contribution in [0.15, 0.2) is 41.4 Å². The summed E-state index contributed by atoms with van der Waals surface area (Å²) in [5, 5.41) is 3.13. The number of halogens is 1. The number of methoxy groups -OCH3 is 3. The van der Waals surface area contributed by atoms with Crippen molar-refractivity contribution in [1.29, 1.82) is 0 Å². The molecule has 3 N–H and O–H groups in total. The molecule has 2 aromatic rings. The number of guanidine groups is 1. The van der Waals surface area contributed by atoms with Crippen molar-refractivity contribution in [1.82, 2.24) is 0 Å². The SMILES string of the molecule is COc1cc(CN=C(N)Nc2cccc(C(C)C)c2)cc(OC)c1OC.I. The second kappa shape index (κ2) is 10.9. The quantitative estimate of drug-likeness (QED) is 0.346. The summed E-state index contributed by atoms with van der Waals surface area (Å²) in [4.78, 5) is 4.40. The first-order valence-electron chi connectivity index (χ1n) is 8.44. The fourth-order valence-corrected chi connectivity index (χ4v) is 2.57. The molecule has 0 fully saturated rings. The fraction of sp³-hybridized carbons (Fsp3) is 0.350. The van der Waals surface area contributed by atoms with Gasteiger partial charge in [-0.1, -0.05) is 26.0 Å². The number of anilines is 1. The van der Waals surface area contributed by atoms with Crippen molar-refractivity contribution in [2.45, 2.75) is 26.3 Å². The van der Waals surface area contributed by atoms with Crippen LogP contribution in [-0.2, 0) is 6.54 Å². The molecule has 0 aromatic heterocycles. The highest BCUT2D eigenvalue weighted by molar-refractivity contribution is 14.0. The number of hydrogen-bond donors (Lipinski definition) is 2. The second-order valence-corrected chi connectivity index (χ2v) is 6.14. The maximum Gasteiger partial charge on any atom is 0.203 e. The number of aliphatic imine (C=N–C) groups is 1. The highest BCUT2D eigenvalue weighted by atomic mass is 127. The zero-order valence-electron chi connectivity index (χ0n) is 16.4. The van der Waals surface area contributed by atoms with Crippen molar-refractivity contribution in [3.05, 3.63) is 47.5 Å². The summed E-state index contributed by atoms with van der Waals surface area (Å²) in [5.41, 5.74) is 9.09. The first-order chi connectivity index (χ1) is 12.5. The Bertz CT molecular complexity index is 754. The number of nitrogens with one attached hydrogen (secondary N) is 1. The van der Waals surface area contributed by atoms with E-state index in [0.29, 0.717) is 35.7 Å². The van der Waals surface area contributed by atoms with Gasteiger partial charge >= 0.3 is 0 Å². The van der Waals surface area contributed by atoms with E-state index in [2.05, 4.69) is 36.3 Å². The van der Waals surface area contributed by atoms with Crippen molar-refractivity contribution in [2.75, 3.05) is 26.6 Å². The van der Waals surface area contributed by atoms with Gasteiger partial charge in [0.1, 0.15) is 0 Å². The van der Waals surface area contributed by atoms with Crippen LogP contribution in [0.3, 0.4) is 0 Å². The smallest absolute Gasteiger partial charge is 0.203 e. The van der Waals surface area contributed by atoms with Crippen LogP contribution in [-0.4, -0.2) is 27.3 Å². The summed E-state index contributed by atoms with van der Waals surface area (Å²) >= 11 is 0. The molecule has 0 aliphatic carbocycles. The van der Waals surface area contributed by atoms with Gasteiger partial charge in [-0.25, -0.2) is 4.99 Å². The minimum absolute atomic E-state index is 0. The van der Waals surface area contributed by atoms with Gasteiger partial charge in [-0.05, 0) is 41.3 Å². The van der Waals surface area contributed by atoms with Crippen LogP contribution < -0.4 is 25.3 Å². The molecule has 0 heterocycles. The first kappa shape index (κ1) is 22.9. The molecule has 0 saturated carbocycles. The Morgan fingerprint density at radius 3 is 2.19 bits per heavy atom.